The van der Waals surface area contributed by atoms with Gasteiger partial charge in [-0.1, -0.05) is 5.16 Å². The molecule has 0 saturated carbocycles. The lowest BCUT2D eigenvalue weighted by Crippen LogP contribution is -2.22. The molecule has 27 heavy (non-hydrogen) atoms. The van der Waals surface area contributed by atoms with Crippen molar-refractivity contribution in [2.24, 2.45) is 5.16 Å². The Kier molecular flexibility index (Phi) is 3.62. The summed E-state index contributed by atoms with van der Waals surface area (Å²) in [5.41, 5.74) is 0.0949. The average Bonchev–Trinajstić information content (AvgIpc) is 2.95. The number of aliphatic carboxylic acids is 1. The van der Waals surface area contributed by atoms with Crippen LogP contribution >= 0.6 is 0 Å². The summed E-state index contributed by atoms with van der Waals surface area (Å²) < 4.78 is 1.24. The Balaban J connectivity index is 2.01. The van der Waals surface area contributed by atoms with E-state index in [0.717, 1.165) is 0 Å². The summed E-state index contributed by atoms with van der Waals surface area (Å²) in [6.45, 7) is -0.718. The molecule has 11 nitrogen and oxygen atoms in total. The van der Waals surface area contributed by atoms with E-state index in [4.69, 9.17) is 9.94 Å². The summed E-state index contributed by atoms with van der Waals surface area (Å²) in [5.74, 6) is -1.19. The maximum Gasteiger partial charge on any atom is 0.344 e. The second kappa shape index (κ2) is 5.98. The number of fused-ring (bicyclic) bond motifs is 4. The van der Waals surface area contributed by atoms with Crippen LogP contribution in [0.4, 0.5) is 5.69 Å². The van der Waals surface area contributed by atoms with E-state index in [9.17, 15) is 19.7 Å². The van der Waals surface area contributed by atoms with E-state index in [0.29, 0.717) is 5.69 Å². The van der Waals surface area contributed by atoms with Crippen molar-refractivity contribution in [1.29, 1.82) is 0 Å². The Morgan fingerprint density at radius 1 is 1.37 bits per heavy atom. The van der Waals surface area contributed by atoms with Gasteiger partial charge in [0.25, 0.3) is 11.2 Å². The average molecular weight is 367 g/mol. The van der Waals surface area contributed by atoms with Crippen molar-refractivity contribution >= 4 is 28.4 Å². The number of oxime groups is 1. The second-order valence-corrected chi connectivity index (χ2v) is 5.52. The van der Waals surface area contributed by atoms with Crippen molar-refractivity contribution in [3.05, 3.63) is 68.4 Å². The third-order valence-electron chi connectivity index (χ3n) is 3.89. The first kappa shape index (κ1) is 16.3. The summed E-state index contributed by atoms with van der Waals surface area (Å²) in [4.78, 5) is 47.2. The predicted molar refractivity (Wildman–Crippen MR) is 91.0 cm³/mol. The molecule has 1 aromatic carbocycles. The molecule has 3 aromatic rings. The van der Waals surface area contributed by atoms with Gasteiger partial charge in [-0.15, -0.1) is 0 Å². The van der Waals surface area contributed by atoms with Gasteiger partial charge in [-0.25, -0.2) is 14.8 Å². The van der Waals surface area contributed by atoms with Crippen LogP contribution < -0.4 is 5.56 Å². The molecule has 0 fully saturated rings. The highest BCUT2D eigenvalue weighted by Crippen LogP contribution is 2.30. The molecular weight excluding hydrogens is 358 g/mol. The lowest BCUT2D eigenvalue weighted by atomic mass is 10.1. The molecule has 1 aliphatic heterocycles. The molecule has 0 amide bonds. The summed E-state index contributed by atoms with van der Waals surface area (Å²) in [6.07, 6.45) is 1.47. The Bertz CT molecular complexity index is 1220. The monoisotopic (exact) mass is 367 g/mol. The highest BCUT2D eigenvalue weighted by Gasteiger charge is 2.31. The quantitative estimate of drug-likeness (QED) is 0.412. The van der Waals surface area contributed by atoms with Crippen molar-refractivity contribution in [1.82, 2.24) is 14.5 Å². The van der Waals surface area contributed by atoms with Gasteiger partial charge in [-0.05, 0) is 18.2 Å². The van der Waals surface area contributed by atoms with E-state index >= 15 is 0 Å². The smallest absolute Gasteiger partial charge is 0.344 e. The number of non-ortho nitro benzene ring substituents is 1. The number of carbonyl (C=O) groups is 1. The Hall–Kier alpha value is -4.15. The van der Waals surface area contributed by atoms with Crippen molar-refractivity contribution in [3.8, 4) is 5.69 Å². The number of pyridine rings is 1. The summed E-state index contributed by atoms with van der Waals surface area (Å²) in [6, 6.07) is 7.04. The highest BCUT2D eigenvalue weighted by atomic mass is 16.6. The number of aromatic nitrogens is 3. The number of nitrogens with zero attached hydrogens (tertiary/aromatic N) is 5. The lowest BCUT2D eigenvalue weighted by molar-refractivity contribution is -0.384. The molecule has 2 aromatic heterocycles. The Morgan fingerprint density at radius 2 is 2.19 bits per heavy atom. The molecule has 134 valence electrons. The van der Waals surface area contributed by atoms with Crippen LogP contribution in [0.3, 0.4) is 0 Å². The van der Waals surface area contributed by atoms with E-state index < -0.39 is 23.1 Å². The van der Waals surface area contributed by atoms with Crippen molar-refractivity contribution < 1.29 is 19.7 Å². The third-order valence-corrected chi connectivity index (χ3v) is 3.89. The minimum absolute atomic E-state index is 0.0135. The molecule has 1 N–H and O–H groups in total. The third kappa shape index (κ3) is 2.57. The fourth-order valence-electron chi connectivity index (χ4n) is 2.79. The van der Waals surface area contributed by atoms with Gasteiger partial charge in [0.05, 0.1) is 16.0 Å². The Morgan fingerprint density at radius 3 is 2.93 bits per heavy atom. The topological polar surface area (TPSA) is 150 Å². The molecule has 0 aliphatic carbocycles. The van der Waals surface area contributed by atoms with Gasteiger partial charge in [0, 0.05) is 23.9 Å². The van der Waals surface area contributed by atoms with Gasteiger partial charge in [0.1, 0.15) is 0 Å². The van der Waals surface area contributed by atoms with E-state index in [2.05, 4.69) is 15.1 Å². The maximum atomic E-state index is 12.9. The van der Waals surface area contributed by atoms with E-state index in [1.165, 1.54) is 29.0 Å². The zero-order chi connectivity index (χ0) is 19.1. The summed E-state index contributed by atoms with van der Waals surface area (Å²) in [5, 5.41) is 23.8. The highest BCUT2D eigenvalue weighted by molar-refractivity contribution is 6.16. The molecule has 1 aliphatic rings. The molecule has 4 rings (SSSR count). The summed E-state index contributed by atoms with van der Waals surface area (Å²) in [7, 11) is 0. The minimum atomic E-state index is -1.25. The van der Waals surface area contributed by atoms with Gasteiger partial charge < -0.3 is 9.94 Å². The van der Waals surface area contributed by atoms with E-state index in [1.54, 1.807) is 12.1 Å². The van der Waals surface area contributed by atoms with Crippen LogP contribution in [0, 0.1) is 10.1 Å². The predicted octanol–water partition coefficient (Wildman–Crippen LogP) is 0.856. The molecule has 0 atom stereocenters. The molecule has 0 spiro atoms. The number of hydrogen-bond acceptors (Lipinski definition) is 8. The van der Waals surface area contributed by atoms with Crippen LogP contribution in [0.15, 0.2) is 46.5 Å². The van der Waals surface area contributed by atoms with Gasteiger partial charge in [0.15, 0.2) is 17.2 Å². The van der Waals surface area contributed by atoms with Gasteiger partial charge in [-0.3, -0.25) is 19.5 Å². The molecule has 3 heterocycles. The second-order valence-electron chi connectivity index (χ2n) is 5.52. The van der Waals surface area contributed by atoms with Crippen molar-refractivity contribution in [2.45, 2.75) is 0 Å². The number of carboxylic acids is 1. The lowest BCUT2D eigenvalue weighted by Gasteiger charge is -2.05. The van der Waals surface area contributed by atoms with Gasteiger partial charge >= 0.3 is 5.97 Å². The molecule has 0 unspecified atom stereocenters. The maximum absolute atomic E-state index is 12.9. The van der Waals surface area contributed by atoms with Crippen LogP contribution in [0.25, 0.3) is 16.7 Å². The SMILES string of the molecule is O=C(O)CON=C1c2cc([N+](=O)[O-])ccc2-n2c1nc1ncccc1c2=O. The molecule has 0 radical (unpaired) electrons. The van der Waals surface area contributed by atoms with E-state index in [1.807, 2.05) is 0 Å². The van der Waals surface area contributed by atoms with Crippen LogP contribution in [0.5, 0.6) is 0 Å². The molecular formula is C16H9N5O6. The molecule has 0 saturated heterocycles. The molecule has 11 heteroatoms. The fraction of sp³-hybridized carbons (Fsp3) is 0.0625. The van der Waals surface area contributed by atoms with Gasteiger partial charge in [0.2, 0.25) is 6.61 Å². The first-order chi connectivity index (χ1) is 13.0. The first-order valence-electron chi connectivity index (χ1n) is 7.56. The zero-order valence-electron chi connectivity index (χ0n) is 13.4. The largest absolute Gasteiger partial charge is 0.479 e. The summed E-state index contributed by atoms with van der Waals surface area (Å²) >= 11 is 0. The number of nitro groups is 1. The number of benzene rings is 1. The van der Waals surface area contributed by atoms with Gasteiger partial charge in [-0.2, -0.15) is 0 Å². The first-order valence-corrected chi connectivity index (χ1v) is 7.56. The minimum Gasteiger partial charge on any atom is -0.479 e. The van der Waals surface area contributed by atoms with Crippen molar-refractivity contribution in [3.63, 3.8) is 0 Å². The number of nitro benzene ring substituents is 1. The number of rotatable bonds is 4. The normalized spacial score (nSPS) is 13.4. The fourth-order valence-corrected chi connectivity index (χ4v) is 2.79. The van der Waals surface area contributed by atoms with Crippen LogP contribution in [0.2, 0.25) is 0 Å². The van der Waals surface area contributed by atoms with E-state index in [-0.39, 0.29) is 33.8 Å². The number of hydrogen-bond donors (Lipinski definition) is 1. The van der Waals surface area contributed by atoms with Crippen LogP contribution in [0.1, 0.15) is 11.4 Å². The number of carboxylic acid groups (broad SMARTS) is 1. The van der Waals surface area contributed by atoms with Crippen LogP contribution in [-0.4, -0.2) is 42.9 Å². The Labute approximate surface area is 149 Å². The standard InChI is InChI=1S/C16H9N5O6/c22-12(23)7-27-19-13-10-6-8(21(25)26)3-4-11(10)20-15(13)18-14-9(16(20)24)2-1-5-17-14/h1-6H,7H2,(H,22,23). The van der Waals surface area contributed by atoms with Crippen molar-refractivity contribution in [2.75, 3.05) is 6.61 Å². The zero-order valence-corrected chi connectivity index (χ0v) is 13.4. The molecule has 0 bridgehead atoms. The van der Waals surface area contributed by atoms with Crippen LogP contribution in [-0.2, 0) is 9.63 Å².